The SMILES string of the molecule is CC(C)Nc1ncnc(N2CCN(C)CC2)c1C=N. The van der Waals surface area contributed by atoms with Crippen LogP contribution >= 0.6 is 0 Å². The van der Waals surface area contributed by atoms with E-state index in [0.717, 1.165) is 43.4 Å². The molecular weight excluding hydrogens is 240 g/mol. The molecule has 19 heavy (non-hydrogen) atoms. The fraction of sp³-hybridized carbons (Fsp3) is 0.615. The van der Waals surface area contributed by atoms with E-state index in [1.165, 1.54) is 6.21 Å². The number of aromatic nitrogens is 2. The van der Waals surface area contributed by atoms with Gasteiger partial charge in [-0.05, 0) is 20.9 Å². The van der Waals surface area contributed by atoms with E-state index in [1.807, 2.05) is 0 Å². The van der Waals surface area contributed by atoms with Gasteiger partial charge in [0.2, 0.25) is 0 Å². The maximum absolute atomic E-state index is 7.65. The Kier molecular flexibility index (Phi) is 4.31. The molecule has 1 saturated heterocycles. The first kappa shape index (κ1) is 13.7. The fourth-order valence-corrected chi connectivity index (χ4v) is 2.18. The highest BCUT2D eigenvalue weighted by Gasteiger charge is 2.20. The lowest BCUT2D eigenvalue weighted by molar-refractivity contribution is 0.312. The lowest BCUT2D eigenvalue weighted by Crippen LogP contribution is -2.45. The standard InChI is InChI=1S/C13H22N6/c1-10(2)17-12-11(8-14)13(16-9-15-12)19-6-4-18(3)5-7-19/h8-10,14H,4-7H2,1-3H3,(H,15,16,17). The van der Waals surface area contributed by atoms with Crippen LogP contribution in [0, 0.1) is 5.41 Å². The van der Waals surface area contributed by atoms with E-state index < -0.39 is 0 Å². The highest BCUT2D eigenvalue weighted by atomic mass is 15.3. The van der Waals surface area contributed by atoms with Crippen molar-refractivity contribution in [3.8, 4) is 0 Å². The molecule has 6 heteroatoms. The van der Waals surface area contributed by atoms with Crippen molar-refractivity contribution in [2.75, 3.05) is 43.4 Å². The molecule has 1 aromatic rings. The quantitative estimate of drug-likeness (QED) is 0.794. The van der Waals surface area contributed by atoms with E-state index in [-0.39, 0.29) is 6.04 Å². The zero-order valence-electron chi connectivity index (χ0n) is 11.8. The first-order valence-electron chi connectivity index (χ1n) is 6.67. The summed E-state index contributed by atoms with van der Waals surface area (Å²) < 4.78 is 0. The molecule has 0 saturated carbocycles. The van der Waals surface area contributed by atoms with E-state index in [0.29, 0.717) is 0 Å². The molecule has 0 unspecified atom stereocenters. The van der Waals surface area contributed by atoms with Crippen LogP contribution in [-0.4, -0.2) is 60.4 Å². The molecular formula is C13H22N6. The summed E-state index contributed by atoms with van der Waals surface area (Å²) in [5.41, 5.74) is 0.778. The van der Waals surface area contributed by atoms with Gasteiger partial charge in [-0.2, -0.15) is 0 Å². The predicted octanol–water partition coefficient (Wildman–Crippen LogP) is 1.05. The van der Waals surface area contributed by atoms with E-state index >= 15 is 0 Å². The number of rotatable bonds is 4. The van der Waals surface area contributed by atoms with Gasteiger partial charge >= 0.3 is 0 Å². The third-order valence-corrected chi connectivity index (χ3v) is 3.24. The van der Waals surface area contributed by atoms with Crippen LogP contribution in [-0.2, 0) is 0 Å². The summed E-state index contributed by atoms with van der Waals surface area (Å²) in [4.78, 5) is 13.2. The average Bonchev–Trinajstić information content (AvgIpc) is 2.38. The fourth-order valence-electron chi connectivity index (χ4n) is 2.18. The Morgan fingerprint density at radius 2 is 1.95 bits per heavy atom. The molecule has 2 heterocycles. The predicted molar refractivity (Wildman–Crippen MR) is 78.4 cm³/mol. The summed E-state index contributed by atoms with van der Waals surface area (Å²) in [6, 6.07) is 0.286. The van der Waals surface area contributed by atoms with Crippen molar-refractivity contribution < 1.29 is 0 Å². The van der Waals surface area contributed by atoms with Crippen molar-refractivity contribution in [2.45, 2.75) is 19.9 Å². The molecule has 2 N–H and O–H groups in total. The minimum Gasteiger partial charge on any atom is -0.367 e. The Balaban J connectivity index is 2.27. The van der Waals surface area contributed by atoms with Gasteiger partial charge in [-0.15, -0.1) is 0 Å². The number of piperazine rings is 1. The van der Waals surface area contributed by atoms with Gasteiger partial charge in [0.15, 0.2) is 0 Å². The summed E-state index contributed by atoms with van der Waals surface area (Å²) >= 11 is 0. The molecule has 1 aliphatic heterocycles. The lowest BCUT2D eigenvalue weighted by atomic mass is 10.2. The molecule has 0 spiro atoms. The molecule has 6 nitrogen and oxygen atoms in total. The summed E-state index contributed by atoms with van der Waals surface area (Å²) in [7, 11) is 2.13. The average molecular weight is 262 g/mol. The van der Waals surface area contributed by atoms with Crippen molar-refractivity contribution in [2.24, 2.45) is 0 Å². The molecule has 104 valence electrons. The third kappa shape index (κ3) is 3.20. The monoisotopic (exact) mass is 262 g/mol. The zero-order chi connectivity index (χ0) is 13.8. The van der Waals surface area contributed by atoms with Crippen LogP contribution in [0.4, 0.5) is 11.6 Å². The van der Waals surface area contributed by atoms with E-state index in [1.54, 1.807) is 6.33 Å². The highest BCUT2D eigenvalue weighted by Crippen LogP contribution is 2.22. The van der Waals surface area contributed by atoms with Gasteiger partial charge in [0.25, 0.3) is 0 Å². The molecule has 0 radical (unpaired) electrons. The molecule has 1 aromatic heterocycles. The molecule has 0 aliphatic carbocycles. The van der Waals surface area contributed by atoms with Gasteiger partial charge < -0.3 is 20.5 Å². The van der Waals surface area contributed by atoms with Crippen molar-refractivity contribution >= 4 is 17.9 Å². The topological polar surface area (TPSA) is 68.1 Å². The number of nitrogens with one attached hydrogen (secondary N) is 2. The molecule has 0 aromatic carbocycles. The van der Waals surface area contributed by atoms with Gasteiger partial charge in [0.05, 0.1) is 5.56 Å². The molecule has 0 bridgehead atoms. The summed E-state index contributed by atoms with van der Waals surface area (Å²) in [5.74, 6) is 1.61. The minimum absolute atomic E-state index is 0.286. The van der Waals surface area contributed by atoms with Gasteiger partial charge in [0.1, 0.15) is 18.0 Å². The third-order valence-electron chi connectivity index (χ3n) is 3.24. The van der Waals surface area contributed by atoms with Crippen LogP contribution in [0.1, 0.15) is 19.4 Å². The van der Waals surface area contributed by atoms with Gasteiger partial charge in [-0.25, -0.2) is 9.97 Å². The highest BCUT2D eigenvalue weighted by molar-refractivity contribution is 5.91. The van der Waals surface area contributed by atoms with Crippen molar-refractivity contribution in [1.29, 1.82) is 5.41 Å². The van der Waals surface area contributed by atoms with Crippen molar-refractivity contribution in [3.63, 3.8) is 0 Å². The van der Waals surface area contributed by atoms with E-state index in [2.05, 4.69) is 46.0 Å². The Hall–Kier alpha value is -1.69. The van der Waals surface area contributed by atoms with E-state index in [9.17, 15) is 0 Å². The van der Waals surface area contributed by atoms with Crippen LogP contribution in [0.3, 0.4) is 0 Å². The number of hydrogen-bond donors (Lipinski definition) is 2. The Bertz CT molecular complexity index is 437. The second kappa shape index (κ2) is 5.97. The minimum atomic E-state index is 0.286. The van der Waals surface area contributed by atoms with Crippen LogP contribution in [0.5, 0.6) is 0 Å². The van der Waals surface area contributed by atoms with Crippen molar-refractivity contribution in [3.05, 3.63) is 11.9 Å². The maximum Gasteiger partial charge on any atom is 0.143 e. The lowest BCUT2D eigenvalue weighted by Gasteiger charge is -2.34. The second-order valence-corrected chi connectivity index (χ2v) is 5.19. The van der Waals surface area contributed by atoms with Gasteiger partial charge in [-0.1, -0.05) is 0 Å². The van der Waals surface area contributed by atoms with Crippen LogP contribution < -0.4 is 10.2 Å². The number of anilines is 2. The summed E-state index contributed by atoms with van der Waals surface area (Å²) in [6.07, 6.45) is 2.92. The van der Waals surface area contributed by atoms with Gasteiger partial charge in [0, 0.05) is 38.4 Å². The smallest absolute Gasteiger partial charge is 0.143 e. The second-order valence-electron chi connectivity index (χ2n) is 5.19. The van der Waals surface area contributed by atoms with Crippen LogP contribution in [0.2, 0.25) is 0 Å². The Labute approximate surface area is 114 Å². The molecule has 1 fully saturated rings. The number of hydrogen-bond acceptors (Lipinski definition) is 6. The Morgan fingerprint density at radius 1 is 1.26 bits per heavy atom. The largest absolute Gasteiger partial charge is 0.367 e. The summed E-state index contributed by atoms with van der Waals surface area (Å²) in [5, 5.41) is 10.9. The molecule has 2 rings (SSSR count). The number of likely N-dealkylation sites (N-methyl/N-ethyl adjacent to an activating group) is 1. The van der Waals surface area contributed by atoms with Crippen molar-refractivity contribution in [1.82, 2.24) is 14.9 Å². The first-order valence-corrected chi connectivity index (χ1v) is 6.67. The van der Waals surface area contributed by atoms with Crippen LogP contribution in [0.15, 0.2) is 6.33 Å². The van der Waals surface area contributed by atoms with E-state index in [4.69, 9.17) is 5.41 Å². The van der Waals surface area contributed by atoms with Gasteiger partial charge in [-0.3, -0.25) is 0 Å². The zero-order valence-corrected chi connectivity index (χ0v) is 11.8. The number of nitrogens with zero attached hydrogens (tertiary/aromatic N) is 4. The molecule has 1 aliphatic rings. The maximum atomic E-state index is 7.65. The van der Waals surface area contributed by atoms with Crippen LogP contribution in [0.25, 0.3) is 0 Å². The Morgan fingerprint density at radius 3 is 2.53 bits per heavy atom. The molecule has 0 amide bonds. The summed E-state index contributed by atoms with van der Waals surface area (Å²) in [6.45, 7) is 8.05. The normalized spacial score (nSPS) is 16.7. The molecule has 0 atom stereocenters. The first-order chi connectivity index (χ1) is 9.11.